The van der Waals surface area contributed by atoms with Crippen LogP contribution in [0.25, 0.3) is 6.08 Å². The summed E-state index contributed by atoms with van der Waals surface area (Å²) in [6.45, 7) is 26.9. The first-order valence-electron chi connectivity index (χ1n) is 14.9. The van der Waals surface area contributed by atoms with E-state index in [0.29, 0.717) is 11.1 Å². The molecule has 1 aliphatic carbocycles. The van der Waals surface area contributed by atoms with Crippen LogP contribution in [0.2, 0.25) is 0 Å². The average molecular weight is 579 g/mol. The number of hydrogen-bond donors (Lipinski definition) is 0. The fourth-order valence-corrected chi connectivity index (χ4v) is 7.71. The normalized spacial score (nSPS) is 19.2. The molecule has 40 heavy (non-hydrogen) atoms. The van der Waals surface area contributed by atoms with Crippen LogP contribution in [-0.4, -0.2) is 5.78 Å². The third-order valence-electron chi connectivity index (χ3n) is 9.02. The van der Waals surface area contributed by atoms with Crippen LogP contribution >= 0.6 is 23.1 Å². The molecule has 0 atom stereocenters. The van der Waals surface area contributed by atoms with E-state index in [0.717, 1.165) is 36.8 Å². The van der Waals surface area contributed by atoms with Gasteiger partial charge >= 0.3 is 0 Å². The van der Waals surface area contributed by atoms with E-state index in [-0.39, 0.29) is 33.2 Å². The molecule has 0 radical (unpaired) electrons. The molecule has 0 amide bonds. The van der Waals surface area contributed by atoms with Crippen LogP contribution in [0.1, 0.15) is 124 Å². The molecule has 1 aliphatic heterocycles. The second-order valence-electron chi connectivity index (χ2n) is 14.0. The summed E-state index contributed by atoms with van der Waals surface area (Å²) in [5, 5.41) is 13.4. The van der Waals surface area contributed by atoms with Crippen molar-refractivity contribution < 1.29 is 9.90 Å². The molecule has 0 bridgehead atoms. The smallest absolute Gasteiger partial charge is 0.219 e. The van der Waals surface area contributed by atoms with Gasteiger partial charge in [-0.25, -0.2) is 0 Å². The lowest BCUT2D eigenvalue weighted by Gasteiger charge is -2.36. The molecule has 1 aromatic rings. The second kappa shape index (κ2) is 11.8. The van der Waals surface area contributed by atoms with E-state index in [9.17, 15) is 9.90 Å². The molecule has 218 valence electrons. The monoisotopic (exact) mass is 578 g/mol. The summed E-state index contributed by atoms with van der Waals surface area (Å²) in [4.78, 5) is 18.5. The first-order chi connectivity index (χ1) is 18.4. The van der Waals surface area contributed by atoms with E-state index in [1.807, 2.05) is 35.3 Å². The van der Waals surface area contributed by atoms with Crippen molar-refractivity contribution in [1.82, 2.24) is 0 Å². The van der Waals surface area contributed by atoms with E-state index in [1.54, 1.807) is 0 Å². The van der Waals surface area contributed by atoms with Crippen LogP contribution < -0.4 is 5.11 Å². The maximum absolute atomic E-state index is 13.4. The number of rotatable bonds is 8. The Morgan fingerprint density at radius 1 is 0.750 bits per heavy atom. The van der Waals surface area contributed by atoms with Crippen LogP contribution in [0, 0.1) is 10.8 Å². The molecule has 2 aliphatic rings. The highest BCUT2D eigenvalue weighted by Crippen LogP contribution is 2.51. The maximum Gasteiger partial charge on any atom is 0.219 e. The van der Waals surface area contributed by atoms with Crippen molar-refractivity contribution in [3.63, 3.8) is 0 Å². The van der Waals surface area contributed by atoms with Crippen LogP contribution in [0.15, 0.2) is 62.6 Å². The van der Waals surface area contributed by atoms with Crippen molar-refractivity contribution in [3.8, 4) is 0 Å². The number of allylic oxidation sites excluding steroid dienone is 8. The third-order valence-corrected chi connectivity index (χ3v) is 12.6. The lowest BCUT2D eigenvalue weighted by atomic mass is 9.81. The van der Waals surface area contributed by atoms with Crippen LogP contribution in [0.5, 0.6) is 0 Å². The molecule has 0 fully saturated rings. The van der Waals surface area contributed by atoms with Crippen molar-refractivity contribution >= 4 is 35.0 Å². The lowest BCUT2D eigenvalue weighted by molar-refractivity contribution is -0.300. The first kappa shape index (κ1) is 32.6. The van der Waals surface area contributed by atoms with E-state index in [1.165, 1.54) is 19.6 Å². The summed E-state index contributed by atoms with van der Waals surface area (Å²) < 4.78 is 0. The third kappa shape index (κ3) is 6.59. The Kier molecular flexibility index (Phi) is 9.59. The first-order valence-corrected chi connectivity index (χ1v) is 16.6. The SMILES string of the molecule is CCC(C)(CC)C1=CC(=CC2=C([O-])C(=Cc3cc(C(C)(C)C)[s+]c(C(C)(CC)CC)c3)C2=O)C=C(C(C)(C)C)S1. The zero-order valence-electron chi connectivity index (χ0n) is 26.9. The van der Waals surface area contributed by atoms with Gasteiger partial charge in [0.2, 0.25) is 21.1 Å². The Morgan fingerprint density at radius 2 is 1.27 bits per heavy atom. The summed E-state index contributed by atoms with van der Waals surface area (Å²) in [6, 6.07) is 4.35. The van der Waals surface area contributed by atoms with Crippen molar-refractivity contribution in [2.45, 2.75) is 120 Å². The molecule has 0 saturated heterocycles. The van der Waals surface area contributed by atoms with Crippen LogP contribution in [0.3, 0.4) is 0 Å². The minimum Gasteiger partial charge on any atom is -0.871 e. The number of ketones is 1. The van der Waals surface area contributed by atoms with Crippen LogP contribution in [-0.2, 0) is 15.6 Å². The Balaban J connectivity index is 2.11. The molecule has 2 nitrogen and oxygen atoms in total. The van der Waals surface area contributed by atoms with Gasteiger partial charge in [0.25, 0.3) is 0 Å². The zero-order chi connectivity index (χ0) is 30.3. The fraction of sp³-hybridized carbons (Fsp3) is 0.556. The summed E-state index contributed by atoms with van der Waals surface area (Å²) >= 11 is 3.71. The van der Waals surface area contributed by atoms with E-state index in [4.69, 9.17) is 0 Å². The number of thioether (sulfide) groups is 1. The second-order valence-corrected chi connectivity index (χ2v) is 16.2. The van der Waals surface area contributed by atoms with Crippen molar-refractivity contribution in [3.05, 3.63) is 78.0 Å². The highest BCUT2D eigenvalue weighted by atomic mass is 32.2. The zero-order valence-corrected chi connectivity index (χ0v) is 28.6. The summed E-state index contributed by atoms with van der Waals surface area (Å²) in [7, 11) is 0. The Hall–Kier alpha value is -1.91. The van der Waals surface area contributed by atoms with Gasteiger partial charge in [-0.2, -0.15) is 0 Å². The topological polar surface area (TPSA) is 40.1 Å². The van der Waals surface area contributed by atoms with Gasteiger partial charge in [0, 0.05) is 34.1 Å². The summed E-state index contributed by atoms with van der Waals surface area (Å²) in [5.41, 5.74) is 2.59. The van der Waals surface area contributed by atoms with E-state index in [2.05, 4.69) is 107 Å². The molecule has 0 unspecified atom stereocenters. The lowest BCUT2D eigenvalue weighted by Crippen LogP contribution is -2.29. The molecule has 4 heteroatoms. The number of Topliss-reactive ketones (excluding diaryl/α,β-unsaturated/α-hetero) is 1. The Morgan fingerprint density at radius 3 is 1.75 bits per heavy atom. The molecule has 1 aromatic heterocycles. The van der Waals surface area contributed by atoms with Gasteiger partial charge in [0.15, 0.2) is 5.78 Å². The predicted molar refractivity (Wildman–Crippen MR) is 175 cm³/mol. The standard InChI is InChI=1S/C36H50O2S2/c1-13-35(11,14-2)29-21-23(19-27(39-29)33(5,6)7)17-25-31(37)26(32(25)38)18-24-20-28(34(8,9)10)40-30(22-24)36(12,15-3)16-4/h17-22H,13-16H2,1-12H3. The largest absolute Gasteiger partial charge is 0.871 e. The van der Waals surface area contributed by atoms with Crippen LogP contribution in [0.4, 0.5) is 0 Å². The molecular weight excluding hydrogens is 529 g/mol. The number of carbonyl (C=O) groups is 1. The maximum atomic E-state index is 13.4. The van der Waals surface area contributed by atoms with Gasteiger partial charge in [-0.15, -0.1) is 0 Å². The minimum atomic E-state index is -0.148. The molecule has 0 spiro atoms. The Labute approximate surface area is 252 Å². The van der Waals surface area contributed by atoms with E-state index < -0.39 is 0 Å². The van der Waals surface area contributed by atoms with Crippen molar-refractivity contribution in [2.75, 3.05) is 0 Å². The summed E-state index contributed by atoms with van der Waals surface area (Å²) in [6.07, 6.45) is 12.2. The molecular formula is C36H50O2S2. The predicted octanol–water partition coefficient (Wildman–Crippen LogP) is 10.3. The minimum absolute atomic E-state index is 0.0166. The molecule has 3 rings (SSSR count). The highest BCUT2D eigenvalue weighted by Gasteiger charge is 2.36. The quantitative estimate of drug-likeness (QED) is 0.228. The highest BCUT2D eigenvalue weighted by molar-refractivity contribution is 8.06. The summed E-state index contributed by atoms with van der Waals surface area (Å²) in [5.74, 6) is -0.296. The average Bonchev–Trinajstić information content (AvgIpc) is 2.92. The Bertz CT molecular complexity index is 1310. The number of hydrogen-bond acceptors (Lipinski definition) is 3. The van der Waals surface area contributed by atoms with Gasteiger partial charge in [-0.3, -0.25) is 4.79 Å². The number of carbonyl (C=O) groups excluding carboxylic acids is 1. The van der Waals surface area contributed by atoms with Gasteiger partial charge in [-0.05, 0) is 81.8 Å². The molecule has 0 N–H and O–H groups in total. The van der Waals surface area contributed by atoms with Crippen molar-refractivity contribution in [2.24, 2.45) is 10.8 Å². The van der Waals surface area contributed by atoms with Gasteiger partial charge < -0.3 is 5.11 Å². The fourth-order valence-electron chi connectivity index (χ4n) is 4.77. The molecule has 2 heterocycles. The van der Waals surface area contributed by atoms with Crippen molar-refractivity contribution in [1.29, 1.82) is 0 Å². The molecule has 0 saturated carbocycles. The molecule has 0 aromatic carbocycles. The van der Waals surface area contributed by atoms with Gasteiger partial charge in [-0.1, -0.05) is 101 Å². The van der Waals surface area contributed by atoms with E-state index >= 15 is 0 Å². The van der Waals surface area contributed by atoms with Gasteiger partial charge in [0.1, 0.15) is 0 Å². The van der Waals surface area contributed by atoms with Gasteiger partial charge in [0.05, 0.1) is 0 Å².